The fourth-order valence-corrected chi connectivity index (χ4v) is 1.98. The lowest BCUT2D eigenvalue weighted by Gasteiger charge is -2.31. The van der Waals surface area contributed by atoms with Crippen molar-refractivity contribution in [1.82, 2.24) is 9.80 Å². The molecule has 2 rings (SSSR count). The molecule has 1 aliphatic rings. The zero-order chi connectivity index (χ0) is 17.7. The average molecular weight is 325 g/mol. The Hall–Kier alpha value is -1.95. The van der Waals surface area contributed by atoms with Gasteiger partial charge in [-0.3, -0.25) is 14.5 Å². The quantitative estimate of drug-likeness (QED) is 0.866. The molecule has 130 valence electrons. The number of amides is 2. The van der Waals surface area contributed by atoms with Crippen molar-refractivity contribution in [2.45, 2.75) is 27.7 Å². The van der Waals surface area contributed by atoms with Crippen LogP contribution in [-0.2, 0) is 9.59 Å². The molecule has 23 heavy (non-hydrogen) atoms. The maximum atomic E-state index is 13.4. The smallest absolute Gasteiger partial charge is 0.238 e. The minimum atomic E-state index is -0.443. The van der Waals surface area contributed by atoms with E-state index >= 15 is 0 Å². The van der Waals surface area contributed by atoms with Crippen LogP contribution in [0.3, 0.4) is 0 Å². The van der Waals surface area contributed by atoms with Gasteiger partial charge >= 0.3 is 0 Å². The van der Waals surface area contributed by atoms with Gasteiger partial charge in [0, 0.05) is 26.2 Å². The van der Waals surface area contributed by atoms with Gasteiger partial charge in [0.05, 0.1) is 12.2 Å². The first kappa shape index (κ1) is 21.0. The van der Waals surface area contributed by atoms with Crippen LogP contribution in [-0.4, -0.2) is 54.8 Å². The van der Waals surface area contributed by atoms with Crippen molar-refractivity contribution in [2.75, 3.05) is 38.0 Å². The first-order chi connectivity index (χ1) is 11.2. The molecule has 5 nitrogen and oxygen atoms in total. The molecule has 2 amide bonds. The number of nitrogens with zero attached hydrogens (tertiary/aromatic N) is 2. The largest absolute Gasteiger partial charge is 0.343 e. The second kappa shape index (κ2) is 12.6. The van der Waals surface area contributed by atoms with Gasteiger partial charge in [0.15, 0.2) is 0 Å². The monoisotopic (exact) mass is 325 g/mol. The van der Waals surface area contributed by atoms with Crippen molar-refractivity contribution in [2.24, 2.45) is 0 Å². The molecule has 0 aromatic heterocycles. The van der Waals surface area contributed by atoms with Crippen molar-refractivity contribution in [1.29, 1.82) is 0 Å². The number of carbonyl (C=O) groups excluding carboxylic acids is 2. The van der Waals surface area contributed by atoms with Gasteiger partial charge < -0.3 is 10.2 Å². The summed E-state index contributed by atoms with van der Waals surface area (Å²) in [6.45, 7) is 10.8. The van der Waals surface area contributed by atoms with Crippen LogP contribution in [0.2, 0.25) is 0 Å². The van der Waals surface area contributed by atoms with Crippen molar-refractivity contribution in [3.8, 4) is 0 Å². The fraction of sp³-hybridized carbons (Fsp3) is 0.529. The molecule has 1 heterocycles. The number of anilines is 1. The molecule has 0 radical (unpaired) electrons. The lowest BCUT2D eigenvalue weighted by Crippen LogP contribution is -2.48. The van der Waals surface area contributed by atoms with E-state index in [1.807, 2.05) is 32.6 Å². The second-order valence-corrected chi connectivity index (χ2v) is 4.45. The summed E-state index contributed by atoms with van der Waals surface area (Å²) in [5.41, 5.74) is 0.194. The fourth-order valence-electron chi connectivity index (χ4n) is 1.98. The summed E-state index contributed by atoms with van der Waals surface area (Å²) in [6, 6.07) is 6.07. The zero-order valence-corrected chi connectivity index (χ0v) is 14.5. The van der Waals surface area contributed by atoms with Crippen LogP contribution < -0.4 is 5.32 Å². The number of rotatable bonds is 4. The second-order valence-electron chi connectivity index (χ2n) is 4.45. The predicted octanol–water partition coefficient (Wildman–Crippen LogP) is 2.59. The van der Waals surface area contributed by atoms with E-state index in [2.05, 4.69) is 5.32 Å². The van der Waals surface area contributed by atoms with Gasteiger partial charge in [0.1, 0.15) is 5.82 Å². The normalized spacial score (nSPS) is 13.9. The molecule has 1 N–H and O–H groups in total. The highest BCUT2D eigenvalue weighted by Gasteiger charge is 2.18. The molecular weight excluding hydrogens is 297 g/mol. The molecule has 0 atom stereocenters. The van der Waals surface area contributed by atoms with Crippen molar-refractivity contribution >= 4 is 18.0 Å². The van der Waals surface area contributed by atoms with Crippen LogP contribution in [0.5, 0.6) is 0 Å². The molecule has 0 spiro atoms. The predicted molar refractivity (Wildman–Crippen MR) is 91.8 cm³/mol. The Balaban J connectivity index is 0.00000112. The minimum Gasteiger partial charge on any atom is -0.343 e. The minimum absolute atomic E-state index is 0.194. The lowest BCUT2D eigenvalue weighted by atomic mass is 10.3. The van der Waals surface area contributed by atoms with Crippen molar-refractivity contribution < 1.29 is 14.0 Å². The summed E-state index contributed by atoms with van der Waals surface area (Å²) in [6.07, 6.45) is 0.816. The first-order valence-corrected chi connectivity index (χ1v) is 8.15. The third kappa shape index (κ3) is 7.74. The molecule has 1 aromatic rings. The van der Waals surface area contributed by atoms with Gasteiger partial charge in [0.25, 0.3) is 0 Å². The van der Waals surface area contributed by atoms with Crippen LogP contribution >= 0.6 is 0 Å². The van der Waals surface area contributed by atoms with Gasteiger partial charge in [-0.15, -0.1) is 0 Å². The molecule has 0 unspecified atom stereocenters. The summed E-state index contributed by atoms with van der Waals surface area (Å²) >= 11 is 0. The molecule has 1 fully saturated rings. The molecule has 6 heteroatoms. The maximum absolute atomic E-state index is 13.4. The van der Waals surface area contributed by atoms with E-state index in [1.165, 1.54) is 12.1 Å². The van der Waals surface area contributed by atoms with E-state index in [0.717, 1.165) is 6.41 Å². The summed E-state index contributed by atoms with van der Waals surface area (Å²) in [4.78, 5) is 25.9. The summed E-state index contributed by atoms with van der Waals surface area (Å²) in [5.74, 6) is -0.689. The number of hydrogen-bond donors (Lipinski definition) is 1. The summed E-state index contributed by atoms with van der Waals surface area (Å²) < 4.78 is 13.4. The third-order valence-electron chi connectivity index (χ3n) is 3.07. The summed E-state index contributed by atoms with van der Waals surface area (Å²) in [7, 11) is 0. The molecule has 1 saturated heterocycles. The van der Waals surface area contributed by atoms with Gasteiger partial charge in [-0.05, 0) is 12.1 Å². The highest BCUT2D eigenvalue weighted by molar-refractivity contribution is 5.92. The van der Waals surface area contributed by atoms with E-state index in [9.17, 15) is 14.0 Å². The number of halogens is 1. The van der Waals surface area contributed by atoms with Crippen molar-refractivity contribution in [3.05, 3.63) is 30.1 Å². The molecule has 0 bridgehead atoms. The SMILES string of the molecule is CC.CC.O=CN1CCN(CC(=O)Nc2ccccc2F)CC1. The Kier molecular flexibility index (Phi) is 11.5. The van der Waals surface area contributed by atoms with Gasteiger partial charge in [-0.2, -0.15) is 0 Å². The lowest BCUT2D eigenvalue weighted by molar-refractivity contribution is -0.120. The zero-order valence-electron chi connectivity index (χ0n) is 14.5. The Morgan fingerprint density at radius 2 is 1.70 bits per heavy atom. The van der Waals surface area contributed by atoms with Gasteiger partial charge in [-0.25, -0.2) is 4.39 Å². The Labute approximate surface area is 138 Å². The molecule has 0 aliphatic carbocycles. The summed E-state index contributed by atoms with van der Waals surface area (Å²) in [5, 5.41) is 2.54. The molecular formula is C17H28FN3O2. The van der Waals surface area contributed by atoms with Crippen LogP contribution in [0.4, 0.5) is 10.1 Å². The Bertz CT molecular complexity index is 461. The van der Waals surface area contributed by atoms with Crippen LogP contribution in [0.1, 0.15) is 27.7 Å². The molecule has 0 saturated carbocycles. The third-order valence-corrected chi connectivity index (χ3v) is 3.07. The number of benzene rings is 1. The average Bonchev–Trinajstić information content (AvgIpc) is 2.61. The number of nitrogens with one attached hydrogen (secondary N) is 1. The van der Waals surface area contributed by atoms with Crippen LogP contribution in [0, 0.1) is 5.82 Å². The van der Waals surface area contributed by atoms with E-state index < -0.39 is 5.82 Å². The highest BCUT2D eigenvalue weighted by atomic mass is 19.1. The van der Waals surface area contributed by atoms with Gasteiger partial charge in [0.2, 0.25) is 12.3 Å². The van der Waals surface area contributed by atoms with E-state index in [4.69, 9.17) is 0 Å². The van der Waals surface area contributed by atoms with E-state index in [0.29, 0.717) is 26.2 Å². The molecule has 1 aromatic carbocycles. The van der Waals surface area contributed by atoms with Gasteiger partial charge in [-0.1, -0.05) is 39.8 Å². The highest BCUT2D eigenvalue weighted by Crippen LogP contribution is 2.12. The number of piperazine rings is 1. The standard InChI is InChI=1S/C13H16FN3O2.2C2H6/c14-11-3-1-2-4-12(11)15-13(19)9-16-5-7-17(10-18)8-6-16;2*1-2/h1-4,10H,5-9H2,(H,15,19);2*1-2H3. The van der Waals surface area contributed by atoms with E-state index in [1.54, 1.807) is 17.0 Å². The number of para-hydroxylation sites is 1. The maximum Gasteiger partial charge on any atom is 0.238 e. The number of hydrogen-bond acceptors (Lipinski definition) is 3. The Morgan fingerprint density at radius 3 is 2.22 bits per heavy atom. The van der Waals surface area contributed by atoms with Crippen molar-refractivity contribution in [3.63, 3.8) is 0 Å². The molecule has 1 aliphatic heterocycles. The van der Waals surface area contributed by atoms with E-state index in [-0.39, 0.29) is 18.1 Å². The number of carbonyl (C=O) groups is 2. The van der Waals surface area contributed by atoms with Crippen LogP contribution in [0.25, 0.3) is 0 Å². The topological polar surface area (TPSA) is 52.7 Å². The Morgan fingerprint density at radius 1 is 1.13 bits per heavy atom. The first-order valence-electron chi connectivity index (χ1n) is 8.15. The van der Waals surface area contributed by atoms with Crippen LogP contribution in [0.15, 0.2) is 24.3 Å².